The maximum atomic E-state index is 12.4. The van der Waals surface area contributed by atoms with Gasteiger partial charge in [-0.1, -0.05) is 29.3 Å². The molecule has 128 valence electrons. The van der Waals surface area contributed by atoms with Gasteiger partial charge >= 0.3 is 0 Å². The summed E-state index contributed by atoms with van der Waals surface area (Å²) in [6, 6.07) is 16.1. The molecule has 0 unspecified atom stereocenters. The highest BCUT2D eigenvalue weighted by atomic mass is 35.5. The molecule has 0 bridgehead atoms. The summed E-state index contributed by atoms with van der Waals surface area (Å²) in [6.07, 6.45) is 1.65. The van der Waals surface area contributed by atoms with Crippen molar-refractivity contribution in [2.45, 2.75) is 6.92 Å². The van der Waals surface area contributed by atoms with Gasteiger partial charge < -0.3 is 9.73 Å². The molecule has 0 atom stereocenters. The average Bonchev–Trinajstić information content (AvgIpc) is 3.07. The fourth-order valence-electron chi connectivity index (χ4n) is 2.56. The largest absolute Gasteiger partial charge is 0.434 e. The van der Waals surface area contributed by atoms with Gasteiger partial charge in [0.15, 0.2) is 11.2 Å². The van der Waals surface area contributed by atoms with Crippen LogP contribution in [-0.4, -0.2) is 15.9 Å². The number of nitrogens with zero attached hydrogens (tertiary/aromatic N) is 2. The van der Waals surface area contributed by atoms with Gasteiger partial charge in [-0.3, -0.25) is 4.79 Å². The molecular formula is C20H14ClN3O2. The molecule has 0 saturated heterocycles. The molecule has 0 aliphatic carbocycles. The van der Waals surface area contributed by atoms with Crippen LogP contribution in [0.2, 0.25) is 5.02 Å². The minimum absolute atomic E-state index is 0.197. The van der Waals surface area contributed by atoms with Gasteiger partial charge in [-0.05, 0) is 49.4 Å². The third-order valence-corrected chi connectivity index (χ3v) is 4.26. The molecule has 2 aromatic carbocycles. The Balaban J connectivity index is 1.65. The predicted octanol–water partition coefficient (Wildman–Crippen LogP) is 5.10. The van der Waals surface area contributed by atoms with Crippen molar-refractivity contribution in [3.05, 3.63) is 76.9 Å². The highest BCUT2D eigenvalue weighted by Gasteiger charge is 2.14. The van der Waals surface area contributed by atoms with Gasteiger partial charge in [-0.25, -0.2) is 4.98 Å². The van der Waals surface area contributed by atoms with Crippen LogP contribution in [0.3, 0.4) is 0 Å². The molecule has 0 fully saturated rings. The summed E-state index contributed by atoms with van der Waals surface area (Å²) < 4.78 is 5.72. The number of nitrogens with one attached hydrogen (secondary N) is 1. The van der Waals surface area contributed by atoms with E-state index in [0.717, 1.165) is 5.56 Å². The second kappa shape index (κ2) is 6.61. The third kappa shape index (κ3) is 3.17. The van der Waals surface area contributed by atoms with Gasteiger partial charge in [0, 0.05) is 17.4 Å². The number of hydrogen-bond donors (Lipinski definition) is 1. The van der Waals surface area contributed by atoms with Crippen molar-refractivity contribution < 1.29 is 9.21 Å². The molecule has 0 radical (unpaired) electrons. The zero-order chi connectivity index (χ0) is 18.1. The van der Waals surface area contributed by atoms with Crippen molar-refractivity contribution in [2.75, 3.05) is 5.32 Å². The molecule has 0 saturated carbocycles. The third-order valence-electron chi connectivity index (χ3n) is 3.93. The van der Waals surface area contributed by atoms with Crippen molar-refractivity contribution in [2.24, 2.45) is 0 Å². The molecule has 5 nitrogen and oxygen atoms in total. The minimum Gasteiger partial charge on any atom is -0.434 e. The summed E-state index contributed by atoms with van der Waals surface area (Å²) in [5.74, 6) is 0.160. The molecule has 0 aliphatic heterocycles. The lowest BCUT2D eigenvalue weighted by molar-refractivity contribution is 0.102. The number of oxazole rings is 1. The van der Waals surface area contributed by atoms with Crippen LogP contribution < -0.4 is 5.32 Å². The van der Waals surface area contributed by atoms with Crippen LogP contribution in [-0.2, 0) is 0 Å². The fourth-order valence-corrected chi connectivity index (χ4v) is 2.76. The number of halogens is 1. The van der Waals surface area contributed by atoms with Crippen LogP contribution in [0.1, 0.15) is 15.9 Å². The van der Waals surface area contributed by atoms with Gasteiger partial charge in [0.25, 0.3) is 5.91 Å². The maximum absolute atomic E-state index is 12.4. The Labute approximate surface area is 154 Å². The van der Waals surface area contributed by atoms with Crippen LogP contribution >= 0.6 is 11.6 Å². The Kier molecular flexibility index (Phi) is 4.14. The second-order valence-electron chi connectivity index (χ2n) is 5.86. The Hall–Kier alpha value is -3.18. The maximum Gasteiger partial charge on any atom is 0.255 e. The summed E-state index contributed by atoms with van der Waals surface area (Å²) >= 11 is 6.30. The van der Waals surface area contributed by atoms with E-state index in [1.165, 1.54) is 0 Å². The zero-order valence-electron chi connectivity index (χ0n) is 13.9. The SMILES string of the molecule is Cc1ccc(C(=O)Nc2ccc(Cl)c(-c3nc4ncccc4o3)c2)cc1. The predicted molar refractivity (Wildman–Crippen MR) is 101 cm³/mol. The summed E-state index contributed by atoms with van der Waals surface area (Å²) in [5.41, 5.74) is 3.95. The van der Waals surface area contributed by atoms with E-state index in [-0.39, 0.29) is 5.91 Å². The molecule has 26 heavy (non-hydrogen) atoms. The average molecular weight is 364 g/mol. The van der Waals surface area contributed by atoms with Crippen molar-refractivity contribution in [1.29, 1.82) is 0 Å². The van der Waals surface area contributed by atoms with Crippen molar-refractivity contribution in [3.8, 4) is 11.5 Å². The normalized spacial score (nSPS) is 10.8. The fraction of sp³-hybridized carbons (Fsp3) is 0.0500. The lowest BCUT2D eigenvalue weighted by atomic mass is 10.1. The molecule has 4 rings (SSSR count). The Morgan fingerprint density at radius 1 is 1.12 bits per heavy atom. The second-order valence-corrected chi connectivity index (χ2v) is 6.27. The van der Waals surface area contributed by atoms with Gasteiger partial charge in [0.05, 0.1) is 10.6 Å². The number of fused-ring (bicyclic) bond motifs is 1. The van der Waals surface area contributed by atoms with E-state index in [1.54, 1.807) is 48.7 Å². The van der Waals surface area contributed by atoms with Crippen LogP contribution in [0.5, 0.6) is 0 Å². The first-order chi connectivity index (χ1) is 12.6. The smallest absolute Gasteiger partial charge is 0.255 e. The molecule has 6 heteroatoms. The first-order valence-corrected chi connectivity index (χ1v) is 8.37. The number of benzene rings is 2. The van der Waals surface area contributed by atoms with Crippen LogP contribution in [0.4, 0.5) is 5.69 Å². The zero-order valence-corrected chi connectivity index (χ0v) is 14.6. The Bertz CT molecular complexity index is 1070. The molecule has 0 aliphatic rings. The number of hydrogen-bond acceptors (Lipinski definition) is 4. The number of aromatic nitrogens is 2. The van der Waals surface area contributed by atoms with E-state index in [0.29, 0.717) is 39.0 Å². The summed E-state index contributed by atoms with van der Waals surface area (Å²) in [6.45, 7) is 1.97. The number of carbonyl (C=O) groups excluding carboxylic acids is 1. The quantitative estimate of drug-likeness (QED) is 0.549. The minimum atomic E-state index is -0.197. The summed E-state index contributed by atoms with van der Waals surface area (Å²) in [7, 11) is 0. The molecule has 0 spiro atoms. The Morgan fingerprint density at radius 2 is 1.92 bits per heavy atom. The molecular weight excluding hydrogens is 350 g/mol. The molecule has 1 amide bonds. The molecule has 2 aromatic heterocycles. The lowest BCUT2D eigenvalue weighted by Crippen LogP contribution is -2.11. The van der Waals surface area contributed by atoms with Crippen molar-refractivity contribution in [1.82, 2.24) is 9.97 Å². The summed E-state index contributed by atoms with van der Waals surface area (Å²) in [5, 5.41) is 3.34. The van der Waals surface area contributed by atoms with Gasteiger partial charge in [0.2, 0.25) is 5.89 Å². The number of pyridine rings is 1. The summed E-state index contributed by atoms with van der Waals surface area (Å²) in [4.78, 5) is 20.9. The van der Waals surface area contributed by atoms with E-state index >= 15 is 0 Å². The van der Waals surface area contributed by atoms with E-state index in [2.05, 4.69) is 15.3 Å². The number of anilines is 1. The lowest BCUT2D eigenvalue weighted by Gasteiger charge is -2.08. The monoisotopic (exact) mass is 363 g/mol. The highest BCUT2D eigenvalue weighted by molar-refractivity contribution is 6.33. The van der Waals surface area contributed by atoms with Crippen molar-refractivity contribution in [3.63, 3.8) is 0 Å². The Morgan fingerprint density at radius 3 is 2.69 bits per heavy atom. The van der Waals surface area contributed by atoms with Gasteiger partial charge in [0.1, 0.15) is 0 Å². The van der Waals surface area contributed by atoms with E-state index in [4.69, 9.17) is 16.0 Å². The van der Waals surface area contributed by atoms with E-state index in [9.17, 15) is 4.79 Å². The van der Waals surface area contributed by atoms with E-state index in [1.807, 2.05) is 19.1 Å². The number of rotatable bonds is 3. The standard InChI is InChI=1S/C20H14ClN3O2/c1-12-4-6-13(7-5-12)19(25)23-14-8-9-16(21)15(11-14)20-24-18-17(26-20)3-2-10-22-18/h2-11H,1H3,(H,23,25). The van der Waals surface area contributed by atoms with Crippen molar-refractivity contribution >= 4 is 34.4 Å². The van der Waals surface area contributed by atoms with Crippen LogP contribution in [0.25, 0.3) is 22.7 Å². The number of amides is 1. The molecule has 2 heterocycles. The van der Waals surface area contributed by atoms with Gasteiger partial charge in [-0.2, -0.15) is 4.98 Å². The first-order valence-electron chi connectivity index (χ1n) is 8.00. The molecule has 1 N–H and O–H groups in total. The topological polar surface area (TPSA) is 68.0 Å². The number of carbonyl (C=O) groups is 1. The van der Waals surface area contributed by atoms with Crippen LogP contribution in [0, 0.1) is 6.92 Å². The van der Waals surface area contributed by atoms with Gasteiger partial charge in [-0.15, -0.1) is 0 Å². The van der Waals surface area contributed by atoms with Crippen LogP contribution in [0.15, 0.2) is 65.2 Å². The molecule has 4 aromatic rings. The van der Waals surface area contributed by atoms with E-state index < -0.39 is 0 Å². The number of aryl methyl sites for hydroxylation is 1. The highest BCUT2D eigenvalue weighted by Crippen LogP contribution is 2.32. The first kappa shape index (κ1) is 16.3.